The molecule has 1 rings (SSSR count). The maximum absolute atomic E-state index is 8.47. The van der Waals surface area contributed by atoms with Crippen molar-refractivity contribution >= 4 is 11.3 Å². The molecule has 2 nitrogen and oxygen atoms in total. The number of thiazole rings is 1. The molecule has 0 aliphatic carbocycles. The van der Waals surface area contributed by atoms with E-state index in [0.717, 1.165) is 12.1 Å². The number of hydrogen-bond acceptors (Lipinski definition) is 3. The van der Waals surface area contributed by atoms with E-state index >= 15 is 0 Å². The lowest BCUT2D eigenvalue weighted by molar-refractivity contribution is 1.11. The van der Waals surface area contributed by atoms with Gasteiger partial charge in [-0.25, -0.2) is 4.98 Å². The monoisotopic (exact) mass is 152 g/mol. The van der Waals surface area contributed by atoms with Gasteiger partial charge in [0.05, 0.1) is 5.69 Å². The first-order valence-electron chi connectivity index (χ1n) is 3.14. The van der Waals surface area contributed by atoms with Crippen molar-refractivity contribution in [1.82, 2.24) is 4.98 Å². The third-order valence-corrected chi connectivity index (χ3v) is 2.52. The second kappa shape index (κ2) is 2.80. The highest BCUT2D eigenvalue weighted by Gasteiger charge is 2.03. The number of nitrogens with zero attached hydrogens (tertiary/aromatic N) is 2. The molecule has 0 radical (unpaired) electrons. The number of rotatable bonds is 1. The zero-order valence-electron chi connectivity index (χ0n) is 6.01. The molecular weight excluding hydrogens is 144 g/mol. The van der Waals surface area contributed by atoms with Crippen molar-refractivity contribution in [3.05, 3.63) is 15.6 Å². The lowest BCUT2D eigenvalue weighted by Crippen LogP contribution is -1.77. The van der Waals surface area contributed by atoms with Crippen LogP contribution in [0.3, 0.4) is 0 Å². The number of nitriles is 1. The molecule has 0 amide bonds. The van der Waals surface area contributed by atoms with Crippen LogP contribution < -0.4 is 0 Å². The molecule has 0 bridgehead atoms. The molecule has 0 fully saturated rings. The van der Waals surface area contributed by atoms with E-state index in [0.29, 0.717) is 5.01 Å². The zero-order valence-corrected chi connectivity index (χ0v) is 6.83. The smallest absolute Gasteiger partial charge is 0.194 e. The predicted molar refractivity (Wildman–Crippen MR) is 40.9 cm³/mol. The van der Waals surface area contributed by atoms with Crippen LogP contribution >= 0.6 is 11.3 Å². The Labute approximate surface area is 64.1 Å². The summed E-state index contributed by atoms with van der Waals surface area (Å²) in [7, 11) is 0. The molecule has 1 aromatic heterocycles. The van der Waals surface area contributed by atoms with Crippen molar-refractivity contribution < 1.29 is 0 Å². The highest BCUT2D eigenvalue weighted by molar-refractivity contribution is 7.12. The van der Waals surface area contributed by atoms with E-state index in [9.17, 15) is 0 Å². The van der Waals surface area contributed by atoms with Gasteiger partial charge in [-0.1, -0.05) is 6.92 Å². The van der Waals surface area contributed by atoms with Crippen molar-refractivity contribution in [1.29, 1.82) is 5.26 Å². The van der Waals surface area contributed by atoms with Gasteiger partial charge < -0.3 is 0 Å². The zero-order chi connectivity index (χ0) is 7.56. The molecule has 52 valence electrons. The van der Waals surface area contributed by atoms with Crippen LogP contribution in [-0.2, 0) is 6.42 Å². The predicted octanol–water partition coefficient (Wildman–Crippen LogP) is 1.89. The van der Waals surface area contributed by atoms with Gasteiger partial charge in [0.15, 0.2) is 5.01 Å². The Morgan fingerprint density at radius 2 is 2.40 bits per heavy atom. The largest absolute Gasteiger partial charge is 0.231 e. The average Bonchev–Trinajstić information content (AvgIpc) is 2.30. The summed E-state index contributed by atoms with van der Waals surface area (Å²) in [5, 5.41) is 9.05. The molecule has 0 saturated carbocycles. The highest BCUT2D eigenvalue weighted by atomic mass is 32.1. The molecular formula is C7H8N2S. The lowest BCUT2D eigenvalue weighted by Gasteiger charge is -1.85. The normalized spacial score (nSPS) is 9.30. The number of hydrogen-bond donors (Lipinski definition) is 0. The second-order valence-corrected chi connectivity index (χ2v) is 3.08. The van der Waals surface area contributed by atoms with E-state index in [1.54, 1.807) is 0 Å². The molecule has 0 atom stereocenters. The molecule has 10 heavy (non-hydrogen) atoms. The van der Waals surface area contributed by atoms with Crippen LogP contribution in [0.15, 0.2) is 0 Å². The number of aromatic nitrogens is 1. The molecule has 0 aliphatic rings. The van der Waals surface area contributed by atoms with Crippen LogP contribution in [-0.4, -0.2) is 4.98 Å². The molecule has 0 unspecified atom stereocenters. The van der Waals surface area contributed by atoms with E-state index < -0.39 is 0 Å². The average molecular weight is 152 g/mol. The van der Waals surface area contributed by atoms with Gasteiger partial charge in [0.25, 0.3) is 0 Å². The summed E-state index contributed by atoms with van der Waals surface area (Å²) in [5.74, 6) is 0. The van der Waals surface area contributed by atoms with Crippen LogP contribution in [0.25, 0.3) is 0 Å². The molecule has 0 N–H and O–H groups in total. The third-order valence-electron chi connectivity index (χ3n) is 1.31. The van der Waals surface area contributed by atoms with Crippen LogP contribution in [0, 0.1) is 18.3 Å². The summed E-state index contributed by atoms with van der Waals surface area (Å²) < 4.78 is 0. The van der Waals surface area contributed by atoms with Crippen LogP contribution in [0.2, 0.25) is 0 Å². The molecule has 0 aromatic carbocycles. The van der Waals surface area contributed by atoms with Gasteiger partial charge in [-0.05, 0) is 13.3 Å². The Morgan fingerprint density at radius 3 is 2.70 bits per heavy atom. The maximum Gasteiger partial charge on any atom is 0.194 e. The molecule has 0 spiro atoms. The summed E-state index contributed by atoms with van der Waals surface area (Å²) in [6.45, 7) is 4.01. The van der Waals surface area contributed by atoms with Crippen LogP contribution in [0.5, 0.6) is 0 Å². The Kier molecular flexibility index (Phi) is 2.03. The fourth-order valence-corrected chi connectivity index (χ4v) is 1.60. The lowest BCUT2D eigenvalue weighted by atomic mass is 10.3. The van der Waals surface area contributed by atoms with E-state index in [-0.39, 0.29) is 0 Å². The SMILES string of the molecule is CCc1sc(C#N)nc1C. The van der Waals surface area contributed by atoms with Gasteiger partial charge >= 0.3 is 0 Å². The molecule has 1 heterocycles. The minimum absolute atomic E-state index is 0.578. The van der Waals surface area contributed by atoms with Gasteiger partial charge in [-0.15, -0.1) is 11.3 Å². The van der Waals surface area contributed by atoms with Crippen molar-refractivity contribution in [2.75, 3.05) is 0 Å². The highest BCUT2D eigenvalue weighted by Crippen LogP contribution is 2.16. The van der Waals surface area contributed by atoms with E-state index in [1.807, 2.05) is 13.0 Å². The number of aryl methyl sites for hydroxylation is 2. The quantitative estimate of drug-likeness (QED) is 0.616. The topological polar surface area (TPSA) is 36.7 Å². The molecule has 1 aromatic rings. The van der Waals surface area contributed by atoms with Crippen molar-refractivity contribution in [3.63, 3.8) is 0 Å². The maximum atomic E-state index is 8.47. The molecule has 3 heteroatoms. The standard InChI is InChI=1S/C7H8N2S/c1-3-6-5(2)9-7(4-8)10-6/h3H2,1-2H3. The Bertz CT molecular complexity index is 270. The first-order chi connectivity index (χ1) is 4.77. The van der Waals surface area contributed by atoms with Crippen molar-refractivity contribution in [3.8, 4) is 6.07 Å². The summed E-state index contributed by atoms with van der Waals surface area (Å²) in [5.41, 5.74) is 1.00. The van der Waals surface area contributed by atoms with Gasteiger partial charge in [-0.2, -0.15) is 5.26 Å². The van der Waals surface area contributed by atoms with Crippen molar-refractivity contribution in [2.24, 2.45) is 0 Å². The van der Waals surface area contributed by atoms with Crippen molar-refractivity contribution in [2.45, 2.75) is 20.3 Å². The second-order valence-electron chi connectivity index (χ2n) is 1.99. The fraction of sp³-hybridized carbons (Fsp3) is 0.429. The van der Waals surface area contributed by atoms with Gasteiger partial charge in [-0.3, -0.25) is 0 Å². The summed E-state index contributed by atoms with van der Waals surface area (Å²) in [6, 6.07) is 2.03. The summed E-state index contributed by atoms with van der Waals surface area (Å²) in [4.78, 5) is 5.28. The van der Waals surface area contributed by atoms with Gasteiger partial charge in [0.2, 0.25) is 0 Å². The van der Waals surface area contributed by atoms with Gasteiger partial charge in [0.1, 0.15) is 6.07 Å². The van der Waals surface area contributed by atoms with Crippen LogP contribution in [0.1, 0.15) is 22.5 Å². The van der Waals surface area contributed by atoms with E-state index in [1.165, 1.54) is 16.2 Å². The minimum atomic E-state index is 0.578. The Balaban J connectivity index is 3.07. The third kappa shape index (κ3) is 1.17. The Hall–Kier alpha value is -0.880. The summed E-state index contributed by atoms with van der Waals surface area (Å²) >= 11 is 1.49. The molecule has 0 saturated heterocycles. The fourth-order valence-electron chi connectivity index (χ4n) is 0.804. The summed E-state index contributed by atoms with van der Waals surface area (Å²) in [6.07, 6.45) is 0.977. The van der Waals surface area contributed by atoms with Crippen LogP contribution in [0.4, 0.5) is 0 Å². The first-order valence-corrected chi connectivity index (χ1v) is 3.96. The first kappa shape index (κ1) is 7.23. The molecule has 0 aliphatic heterocycles. The van der Waals surface area contributed by atoms with E-state index in [4.69, 9.17) is 5.26 Å². The van der Waals surface area contributed by atoms with E-state index in [2.05, 4.69) is 11.9 Å². The van der Waals surface area contributed by atoms with Gasteiger partial charge in [0, 0.05) is 4.88 Å². The minimum Gasteiger partial charge on any atom is -0.231 e. The Morgan fingerprint density at radius 1 is 1.70 bits per heavy atom.